The highest BCUT2D eigenvalue weighted by Crippen LogP contribution is 2.37. The lowest BCUT2D eigenvalue weighted by atomic mass is 9.83. The number of nitrogens with zero attached hydrogens (tertiary/aromatic N) is 3. The zero-order valence-corrected chi connectivity index (χ0v) is 11.1. The van der Waals surface area contributed by atoms with Crippen LogP contribution in [0.1, 0.15) is 18.9 Å². The first-order valence-electron chi connectivity index (χ1n) is 7.21. The predicted octanol–water partition coefficient (Wildman–Crippen LogP) is 2.82. The largest absolute Gasteiger partial charge is 0.326 e. The minimum Gasteiger partial charge on any atom is -0.326 e. The van der Waals surface area contributed by atoms with E-state index >= 15 is 0 Å². The summed E-state index contributed by atoms with van der Waals surface area (Å²) in [5.74, 6) is 0.835. The second kappa shape index (κ2) is 4.49. The Labute approximate surface area is 113 Å². The number of piperidine rings is 3. The van der Waals surface area contributed by atoms with Crippen LogP contribution in [0, 0.1) is 5.92 Å². The van der Waals surface area contributed by atoms with Gasteiger partial charge in [-0.05, 0) is 37.4 Å². The topological polar surface area (TPSA) is 21.1 Å². The molecule has 0 aliphatic carbocycles. The van der Waals surface area contributed by atoms with Crippen molar-refractivity contribution in [3.05, 3.63) is 42.9 Å². The molecule has 4 heterocycles. The van der Waals surface area contributed by atoms with Gasteiger partial charge in [0.25, 0.3) is 0 Å². The fourth-order valence-corrected chi connectivity index (χ4v) is 3.65. The van der Waals surface area contributed by atoms with Crippen LogP contribution in [0.15, 0.2) is 42.9 Å². The number of benzene rings is 1. The van der Waals surface area contributed by atoms with Crippen molar-refractivity contribution in [3.63, 3.8) is 0 Å². The molecule has 0 radical (unpaired) electrons. The van der Waals surface area contributed by atoms with E-state index in [0.29, 0.717) is 6.04 Å². The van der Waals surface area contributed by atoms with Crippen LogP contribution in [0.5, 0.6) is 0 Å². The molecule has 0 unspecified atom stereocenters. The van der Waals surface area contributed by atoms with Crippen molar-refractivity contribution < 1.29 is 0 Å². The van der Waals surface area contributed by atoms with Gasteiger partial charge in [0.2, 0.25) is 0 Å². The second-order valence-corrected chi connectivity index (χ2v) is 5.76. The molecule has 1 aromatic carbocycles. The van der Waals surface area contributed by atoms with Crippen LogP contribution >= 0.6 is 0 Å². The Kier molecular flexibility index (Phi) is 2.66. The molecule has 98 valence electrons. The summed E-state index contributed by atoms with van der Waals surface area (Å²) in [6, 6.07) is 11.2. The summed E-state index contributed by atoms with van der Waals surface area (Å²) in [5.41, 5.74) is 2.54. The fraction of sp³-hybridized carbons (Fsp3) is 0.438. The molecule has 5 rings (SSSR count). The van der Waals surface area contributed by atoms with E-state index < -0.39 is 0 Å². The summed E-state index contributed by atoms with van der Waals surface area (Å²) >= 11 is 0. The van der Waals surface area contributed by atoms with E-state index in [4.69, 9.17) is 0 Å². The average molecular weight is 253 g/mol. The van der Waals surface area contributed by atoms with Crippen LogP contribution in [-0.4, -0.2) is 34.1 Å². The molecule has 0 spiro atoms. The van der Waals surface area contributed by atoms with Crippen LogP contribution in [0.25, 0.3) is 11.3 Å². The van der Waals surface area contributed by atoms with E-state index in [0.717, 1.165) is 5.92 Å². The summed E-state index contributed by atoms with van der Waals surface area (Å²) in [6.45, 7) is 3.77. The summed E-state index contributed by atoms with van der Waals surface area (Å²) in [5, 5.41) is 0. The molecule has 0 saturated carbocycles. The van der Waals surface area contributed by atoms with Gasteiger partial charge < -0.3 is 9.47 Å². The monoisotopic (exact) mass is 253 g/mol. The molecular formula is C16H19N3. The maximum absolute atomic E-state index is 4.40. The molecule has 3 saturated heterocycles. The van der Waals surface area contributed by atoms with Crippen molar-refractivity contribution in [1.29, 1.82) is 0 Å². The maximum Gasteiger partial charge on any atom is 0.0954 e. The van der Waals surface area contributed by atoms with Crippen LogP contribution in [0.3, 0.4) is 0 Å². The Balaban J connectivity index is 1.71. The minimum atomic E-state index is 0.611. The zero-order valence-electron chi connectivity index (χ0n) is 11.1. The van der Waals surface area contributed by atoms with Crippen LogP contribution in [0.4, 0.5) is 0 Å². The number of hydrogen-bond acceptors (Lipinski definition) is 2. The summed E-state index contributed by atoms with van der Waals surface area (Å²) in [4.78, 5) is 7.00. The van der Waals surface area contributed by atoms with Crippen molar-refractivity contribution in [2.45, 2.75) is 18.9 Å². The van der Waals surface area contributed by atoms with Gasteiger partial charge in [-0.2, -0.15) is 0 Å². The van der Waals surface area contributed by atoms with Gasteiger partial charge >= 0.3 is 0 Å². The molecule has 3 fully saturated rings. The summed E-state index contributed by atoms with van der Waals surface area (Å²) < 4.78 is 2.41. The first kappa shape index (κ1) is 11.2. The third kappa shape index (κ3) is 1.89. The van der Waals surface area contributed by atoms with Gasteiger partial charge in [0.05, 0.1) is 24.3 Å². The van der Waals surface area contributed by atoms with Crippen LogP contribution in [0.2, 0.25) is 0 Å². The van der Waals surface area contributed by atoms with E-state index in [1.165, 1.54) is 43.7 Å². The molecule has 1 atom stereocenters. The third-order valence-corrected chi connectivity index (χ3v) is 4.71. The van der Waals surface area contributed by atoms with Crippen LogP contribution < -0.4 is 0 Å². The normalized spacial score (nSPS) is 29.6. The van der Waals surface area contributed by atoms with Crippen LogP contribution in [-0.2, 0) is 0 Å². The lowest BCUT2D eigenvalue weighted by Gasteiger charge is -2.45. The average Bonchev–Trinajstić information content (AvgIpc) is 2.98. The molecule has 0 N–H and O–H groups in total. The Morgan fingerprint density at radius 3 is 2.53 bits per heavy atom. The number of imidazole rings is 1. The zero-order chi connectivity index (χ0) is 12.7. The first-order chi connectivity index (χ1) is 9.42. The number of hydrogen-bond donors (Lipinski definition) is 0. The first-order valence-corrected chi connectivity index (χ1v) is 7.21. The maximum atomic E-state index is 4.40. The van der Waals surface area contributed by atoms with E-state index in [1.54, 1.807) is 0 Å². The van der Waals surface area contributed by atoms with Gasteiger partial charge in [-0.15, -0.1) is 0 Å². The number of fused-ring (bicyclic) bond motifs is 3. The quantitative estimate of drug-likeness (QED) is 0.820. The highest BCUT2D eigenvalue weighted by Gasteiger charge is 2.35. The number of aromatic nitrogens is 2. The van der Waals surface area contributed by atoms with Gasteiger partial charge in [0, 0.05) is 6.54 Å². The van der Waals surface area contributed by atoms with E-state index in [2.05, 4.69) is 44.8 Å². The van der Waals surface area contributed by atoms with Gasteiger partial charge in [0.1, 0.15) is 0 Å². The second-order valence-electron chi connectivity index (χ2n) is 5.76. The van der Waals surface area contributed by atoms with Gasteiger partial charge in [-0.1, -0.05) is 30.3 Å². The Morgan fingerprint density at radius 2 is 1.84 bits per heavy atom. The van der Waals surface area contributed by atoms with Gasteiger partial charge in [-0.3, -0.25) is 0 Å². The minimum absolute atomic E-state index is 0.611. The molecular weight excluding hydrogens is 234 g/mol. The van der Waals surface area contributed by atoms with Gasteiger partial charge in [0.15, 0.2) is 0 Å². The molecule has 1 aromatic heterocycles. The van der Waals surface area contributed by atoms with E-state index in [9.17, 15) is 0 Å². The standard InChI is InChI=1S/C16H19N3/c1-2-4-13(5-3-1)15-10-17-12-19(15)16-11-18-8-6-14(16)7-9-18/h1-5,10,12,14,16H,6-9,11H2/t16-/m0/s1. The molecule has 3 heteroatoms. The number of rotatable bonds is 2. The van der Waals surface area contributed by atoms with Gasteiger partial charge in [-0.25, -0.2) is 4.98 Å². The molecule has 19 heavy (non-hydrogen) atoms. The molecule has 2 bridgehead atoms. The molecule has 0 amide bonds. The lowest BCUT2D eigenvalue weighted by molar-refractivity contribution is 0.0577. The van der Waals surface area contributed by atoms with Crippen molar-refractivity contribution in [2.24, 2.45) is 5.92 Å². The third-order valence-electron chi connectivity index (χ3n) is 4.71. The van der Waals surface area contributed by atoms with Crippen molar-refractivity contribution >= 4 is 0 Å². The Hall–Kier alpha value is -1.61. The van der Waals surface area contributed by atoms with Crippen molar-refractivity contribution in [1.82, 2.24) is 14.5 Å². The van der Waals surface area contributed by atoms with Crippen molar-refractivity contribution in [3.8, 4) is 11.3 Å². The van der Waals surface area contributed by atoms with E-state index in [-0.39, 0.29) is 0 Å². The molecule has 2 aromatic rings. The molecule has 3 aliphatic heterocycles. The lowest BCUT2D eigenvalue weighted by Crippen LogP contribution is -2.48. The smallest absolute Gasteiger partial charge is 0.0954 e. The summed E-state index contributed by atoms with van der Waals surface area (Å²) in [7, 11) is 0. The fourth-order valence-electron chi connectivity index (χ4n) is 3.65. The highest BCUT2D eigenvalue weighted by atomic mass is 15.2. The summed E-state index contributed by atoms with van der Waals surface area (Å²) in [6.07, 6.45) is 6.72. The molecule has 3 nitrogen and oxygen atoms in total. The van der Waals surface area contributed by atoms with E-state index in [1.807, 2.05) is 12.5 Å². The van der Waals surface area contributed by atoms with Crippen molar-refractivity contribution in [2.75, 3.05) is 19.6 Å². The highest BCUT2D eigenvalue weighted by molar-refractivity contribution is 5.58. The molecule has 3 aliphatic rings. The SMILES string of the molecule is c1ccc(-c2cncn2[C@H]2CN3CCC2CC3)cc1. The Bertz CT molecular complexity index is 552. The predicted molar refractivity (Wildman–Crippen MR) is 75.9 cm³/mol. The Morgan fingerprint density at radius 1 is 1.05 bits per heavy atom.